The van der Waals surface area contributed by atoms with E-state index in [0.717, 1.165) is 11.3 Å². The van der Waals surface area contributed by atoms with Crippen LogP contribution in [0.5, 0.6) is 0 Å². The van der Waals surface area contributed by atoms with Gasteiger partial charge in [0.1, 0.15) is 0 Å². The van der Waals surface area contributed by atoms with E-state index >= 15 is 0 Å². The second-order valence-corrected chi connectivity index (χ2v) is 4.12. The normalized spacial score (nSPS) is 12.5. The molecule has 0 aliphatic carbocycles. The van der Waals surface area contributed by atoms with Gasteiger partial charge in [0.2, 0.25) is 5.78 Å². The van der Waals surface area contributed by atoms with Crippen LogP contribution < -0.4 is 5.32 Å². The fourth-order valence-electron chi connectivity index (χ4n) is 1.60. The Labute approximate surface area is 111 Å². The first-order valence-electron chi connectivity index (χ1n) is 5.96. The third-order valence-electron chi connectivity index (χ3n) is 2.62. The van der Waals surface area contributed by atoms with Gasteiger partial charge in [-0.2, -0.15) is 0 Å². The van der Waals surface area contributed by atoms with Gasteiger partial charge >= 0.3 is 0 Å². The van der Waals surface area contributed by atoms with Crippen molar-refractivity contribution in [3.05, 3.63) is 66.3 Å². The number of allylic oxidation sites excluding steroid dienone is 1. The maximum atomic E-state index is 11.6. The number of aliphatic hydroxyl groups excluding tert-OH is 1. The van der Waals surface area contributed by atoms with Gasteiger partial charge in [-0.15, -0.1) is 0 Å². The highest BCUT2D eigenvalue weighted by atomic mass is 16.3. The third-order valence-corrected chi connectivity index (χ3v) is 2.62. The average molecular weight is 257 g/mol. The molecular formula is C15H15NO3. The highest BCUT2D eigenvalue weighted by Gasteiger charge is 2.03. The fraction of sp³-hybridized carbons (Fsp3) is 0.133. The fourth-order valence-corrected chi connectivity index (χ4v) is 1.60. The number of furan rings is 1. The average Bonchev–Trinajstić information content (AvgIpc) is 2.93. The van der Waals surface area contributed by atoms with Gasteiger partial charge in [0, 0.05) is 18.0 Å². The Morgan fingerprint density at radius 1 is 1.37 bits per heavy atom. The number of hydrogen-bond donors (Lipinski definition) is 2. The van der Waals surface area contributed by atoms with E-state index in [1.54, 1.807) is 25.3 Å². The maximum Gasteiger partial charge on any atom is 0.222 e. The molecule has 0 bridgehead atoms. The first-order chi connectivity index (χ1) is 9.16. The zero-order valence-electron chi connectivity index (χ0n) is 10.5. The topological polar surface area (TPSA) is 62.5 Å². The summed E-state index contributed by atoms with van der Waals surface area (Å²) < 4.78 is 4.99. The smallest absolute Gasteiger partial charge is 0.222 e. The van der Waals surface area contributed by atoms with Crippen molar-refractivity contribution in [2.45, 2.75) is 13.0 Å². The zero-order valence-corrected chi connectivity index (χ0v) is 10.5. The molecule has 2 rings (SSSR count). The molecule has 19 heavy (non-hydrogen) atoms. The summed E-state index contributed by atoms with van der Waals surface area (Å²) in [5.74, 6) is 0.0972. The molecule has 1 aromatic carbocycles. The Hall–Kier alpha value is -2.33. The highest BCUT2D eigenvalue weighted by molar-refractivity contribution is 6.02. The van der Waals surface area contributed by atoms with Crippen molar-refractivity contribution in [3.8, 4) is 0 Å². The quantitative estimate of drug-likeness (QED) is 0.638. The van der Waals surface area contributed by atoms with Crippen LogP contribution >= 0.6 is 0 Å². The monoisotopic (exact) mass is 257 g/mol. The zero-order chi connectivity index (χ0) is 13.7. The molecule has 1 atom stereocenters. The number of benzene rings is 1. The van der Waals surface area contributed by atoms with E-state index in [-0.39, 0.29) is 5.78 Å². The molecule has 0 saturated carbocycles. The molecule has 0 radical (unpaired) electrons. The summed E-state index contributed by atoms with van der Waals surface area (Å²) in [4.78, 5) is 11.6. The van der Waals surface area contributed by atoms with Gasteiger partial charge in [0.15, 0.2) is 5.76 Å². The summed E-state index contributed by atoms with van der Waals surface area (Å²) in [6.45, 7) is 1.70. The minimum Gasteiger partial charge on any atom is -0.461 e. The summed E-state index contributed by atoms with van der Waals surface area (Å²) in [6.07, 6.45) is 3.89. The lowest BCUT2D eigenvalue weighted by atomic mass is 10.1. The summed E-state index contributed by atoms with van der Waals surface area (Å²) in [7, 11) is 0. The lowest BCUT2D eigenvalue weighted by Gasteiger charge is -2.06. The number of nitrogens with one attached hydrogen (secondary N) is 1. The number of aliphatic hydroxyl groups is 1. The lowest BCUT2D eigenvalue weighted by Crippen LogP contribution is -1.96. The number of anilines is 1. The minimum atomic E-state index is -0.518. The van der Waals surface area contributed by atoms with E-state index in [1.807, 2.05) is 24.3 Å². The van der Waals surface area contributed by atoms with E-state index in [1.165, 1.54) is 12.3 Å². The molecule has 1 aromatic heterocycles. The van der Waals surface area contributed by atoms with Crippen LogP contribution in [-0.4, -0.2) is 10.9 Å². The van der Waals surface area contributed by atoms with Crippen molar-refractivity contribution in [1.82, 2.24) is 0 Å². The van der Waals surface area contributed by atoms with E-state index in [0.29, 0.717) is 5.76 Å². The molecule has 2 N–H and O–H groups in total. The summed E-state index contributed by atoms with van der Waals surface area (Å²) >= 11 is 0. The Morgan fingerprint density at radius 2 is 2.21 bits per heavy atom. The Morgan fingerprint density at radius 3 is 2.89 bits per heavy atom. The Bertz CT molecular complexity index is 571. The van der Waals surface area contributed by atoms with Gasteiger partial charge in [0.05, 0.1) is 12.4 Å². The van der Waals surface area contributed by atoms with Crippen LogP contribution in [0.2, 0.25) is 0 Å². The first kappa shape index (κ1) is 13.1. The first-order valence-corrected chi connectivity index (χ1v) is 5.96. The number of rotatable bonds is 5. The third kappa shape index (κ3) is 3.56. The molecule has 0 unspecified atom stereocenters. The SMILES string of the molecule is C[C@@H](O)c1cccc(N/C=C/C(=O)c2ccco2)c1. The molecule has 0 amide bonds. The predicted octanol–water partition coefficient (Wildman–Crippen LogP) is 3.14. The Kier molecular flexibility index (Phi) is 4.15. The van der Waals surface area contributed by atoms with Crippen LogP contribution in [0.4, 0.5) is 5.69 Å². The van der Waals surface area contributed by atoms with Gasteiger partial charge in [-0.3, -0.25) is 4.79 Å². The molecule has 4 heteroatoms. The molecule has 0 saturated heterocycles. The predicted molar refractivity (Wildman–Crippen MR) is 72.9 cm³/mol. The van der Waals surface area contributed by atoms with Crippen LogP contribution in [0.15, 0.2) is 59.4 Å². The van der Waals surface area contributed by atoms with Gasteiger partial charge in [-0.1, -0.05) is 12.1 Å². The van der Waals surface area contributed by atoms with Crippen molar-refractivity contribution >= 4 is 11.5 Å². The van der Waals surface area contributed by atoms with E-state index in [9.17, 15) is 9.90 Å². The van der Waals surface area contributed by atoms with Crippen LogP contribution in [0.1, 0.15) is 29.1 Å². The standard InChI is InChI=1S/C15H15NO3/c1-11(17)12-4-2-5-13(10-12)16-8-7-14(18)15-6-3-9-19-15/h2-11,16-17H,1H3/b8-7+/t11-/m1/s1. The van der Waals surface area contributed by atoms with Gasteiger partial charge in [-0.05, 0) is 36.8 Å². The summed E-state index contributed by atoms with van der Waals surface area (Å²) in [6, 6.07) is 10.6. The van der Waals surface area contributed by atoms with Crippen LogP contribution in [0, 0.1) is 0 Å². The molecule has 0 aliphatic heterocycles. The molecule has 2 aromatic rings. The number of carbonyl (C=O) groups is 1. The molecule has 1 heterocycles. The second kappa shape index (κ2) is 6.02. The molecule has 0 aliphatic rings. The number of carbonyl (C=O) groups excluding carboxylic acids is 1. The van der Waals surface area contributed by atoms with Crippen LogP contribution in [0.3, 0.4) is 0 Å². The van der Waals surface area contributed by atoms with Crippen molar-refractivity contribution in [3.63, 3.8) is 0 Å². The molecule has 98 valence electrons. The van der Waals surface area contributed by atoms with E-state index in [2.05, 4.69) is 5.32 Å². The summed E-state index contributed by atoms with van der Waals surface area (Å²) in [5, 5.41) is 12.5. The van der Waals surface area contributed by atoms with Crippen molar-refractivity contribution in [2.75, 3.05) is 5.32 Å². The van der Waals surface area contributed by atoms with Crippen molar-refractivity contribution < 1.29 is 14.3 Å². The number of ketones is 1. The van der Waals surface area contributed by atoms with Gasteiger partial charge < -0.3 is 14.8 Å². The van der Waals surface area contributed by atoms with Crippen LogP contribution in [0.25, 0.3) is 0 Å². The summed E-state index contributed by atoms with van der Waals surface area (Å²) in [5.41, 5.74) is 1.62. The maximum absolute atomic E-state index is 11.6. The minimum absolute atomic E-state index is 0.204. The highest BCUT2D eigenvalue weighted by Crippen LogP contribution is 2.16. The second-order valence-electron chi connectivity index (χ2n) is 4.12. The van der Waals surface area contributed by atoms with Gasteiger partial charge in [-0.25, -0.2) is 0 Å². The largest absolute Gasteiger partial charge is 0.461 e. The van der Waals surface area contributed by atoms with Crippen molar-refractivity contribution in [2.24, 2.45) is 0 Å². The molecule has 0 fully saturated rings. The molecule has 4 nitrogen and oxygen atoms in total. The van der Waals surface area contributed by atoms with E-state index < -0.39 is 6.10 Å². The van der Waals surface area contributed by atoms with Gasteiger partial charge in [0.25, 0.3) is 0 Å². The lowest BCUT2D eigenvalue weighted by molar-refractivity contribution is 0.102. The molecule has 0 spiro atoms. The van der Waals surface area contributed by atoms with E-state index in [4.69, 9.17) is 4.42 Å². The Balaban J connectivity index is 1.99. The van der Waals surface area contributed by atoms with Crippen LogP contribution in [-0.2, 0) is 0 Å². The molecular weight excluding hydrogens is 242 g/mol. The number of hydrogen-bond acceptors (Lipinski definition) is 4. The van der Waals surface area contributed by atoms with Crippen molar-refractivity contribution in [1.29, 1.82) is 0 Å².